The third kappa shape index (κ3) is 6.66. The largest absolute Gasteiger partial charge is 0.496 e. The van der Waals surface area contributed by atoms with Gasteiger partial charge in [0.2, 0.25) is 0 Å². The van der Waals surface area contributed by atoms with Gasteiger partial charge >= 0.3 is 5.69 Å². The topological polar surface area (TPSA) is 78.5 Å². The van der Waals surface area contributed by atoms with Crippen molar-refractivity contribution in [1.29, 1.82) is 0 Å². The number of nitrogens with one attached hydrogen (secondary N) is 1. The van der Waals surface area contributed by atoms with Crippen LogP contribution in [-0.2, 0) is 12.8 Å². The van der Waals surface area contributed by atoms with Gasteiger partial charge in [-0.3, -0.25) is 4.79 Å². The molecule has 174 valence electrons. The fourth-order valence-electron chi connectivity index (χ4n) is 4.52. The Morgan fingerprint density at radius 1 is 1.34 bits per heavy atom. The normalized spacial score (nSPS) is 16.8. The van der Waals surface area contributed by atoms with E-state index in [0.29, 0.717) is 24.8 Å². The molecule has 32 heavy (non-hydrogen) atoms. The molecule has 1 atom stereocenters. The number of ether oxygens (including phenoxy) is 1. The highest BCUT2D eigenvalue weighted by Gasteiger charge is 2.24. The lowest BCUT2D eigenvalue weighted by Crippen LogP contribution is -2.42. The molecule has 1 saturated heterocycles. The van der Waals surface area contributed by atoms with E-state index in [9.17, 15) is 9.59 Å². The summed E-state index contributed by atoms with van der Waals surface area (Å²) < 4.78 is 5.47. The number of para-hydroxylation sites is 1. The fraction of sp³-hybridized carbons (Fsp3) is 0.560. The molecular weight excluding hydrogens is 404 g/mol. The maximum absolute atomic E-state index is 13.0. The highest BCUT2D eigenvalue weighted by Crippen LogP contribution is 2.21. The SMILES string of the molecule is COc1ccccc1CCN1CCCC(CN(C)C(=O)c2cc(CC(C)C)[nH]c(=O)n2)C1. The van der Waals surface area contributed by atoms with Gasteiger partial charge in [-0.1, -0.05) is 32.0 Å². The summed E-state index contributed by atoms with van der Waals surface area (Å²) in [5.41, 5.74) is 1.76. The molecule has 2 heterocycles. The van der Waals surface area contributed by atoms with E-state index < -0.39 is 5.69 Å². The van der Waals surface area contributed by atoms with E-state index in [-0.39, 0.29) is 11.6 Å². The number of H-pyrrole nitrogens is 1. The number of likely N-dealkylation sites (tertiary alicyclic amines) is 1. The van der Waals surface area contributed by atoms with Gasteiger partial charge in [0, 0.05) is 32.4 Å². The van der Waals surface area contributed by atoms with E-state index in [0.717, 1.165) is 50.3 Å². The van der Waals surface area contributed by atoms with Crippen LogP contribution in [0.2, 0.25) is 0 Å². The van der Waals surface area contributed by atoms with Gasteiger partial charge in [-0.15, -0.1) is 0 Å². The molecule has 1 aromatic heterocycles. The second kappa shape index (κ2) is 11.3. The number of rotatable bonds is 9. The van der Waals surface area contributed by atoms with Crippen molar-refractivity contribution < 1.29 is 9.53 Å². The number of piperidine rings is 1. The first kappa shape index (κ1) is 24.0. The lowest BCUT2D eigenvalue weighted by molar-refractivity contribution is 0.0724. The van der Waals surface area contributed by atoms with Gasteiger partial charge in [-0.25, -0.2) is 4.79 Å². The summed E-state index contributed by atoms with van der Waals surface area (Å²) in [6, 6.07) is 9.89. The summed E-state index contributed by atoms with van der Waals surface area (Å²) in [6.07, 6.45) is 3.89. The predicted octanol–water partition coefficient (Wildman–Crippen LogP) is 3.00. The van der Waals surface area contributed by atoms with Crippen LogP contribution < -0.4 is 10.4 Å². The van der Waals surface area contributed by atoms with Gasteiger partial charge < -0.3 is 19.5 Å². The second-order valence-electron chi connectivity index (χ2n) is 9.25. The summed E-state index contributed by atoms with van der Waals surface area (Å²) in [7, 11) is 3.52. The van der Waals surface area contributed by atoms with Crippen molar-refractivity contribution in [3.05, 3.63) is 57.8 Å². The van der Waals surface area contributed by atoms with E-state index in [2.05, 4.69) is 34.8 Å². The van der Waals surface area contributed by atoms with Crippen LogP contribution in [0.25, 0.3) is 0 Å². The number of methoxy groups -OCH3 is 1. The molecule has 0 bridgehead atoms. The van der Waals surface area contributed by atoms with Crippen LogP contribution in [0, 0.1) is 11.8 Å². The molecule has 1 unspecified atom stereocenters. The minimum atomic E-state index is -0.458. The zero-order chi connectivity index (χ0) is 23.1. The molecule has 7 heteroatoms. The maximum Gasteiger partial charge on any atom is 0.345 e. The highest BCUT2D eigenvalue weighted by atomic mass is 16.5. The first-order valence-corrected chi connectivity index (χ1v) is 11.6. The van der Waals surface area contributed by atoms with E-state index in [4.69, 9.17) is 4.74 Å². The number of aromatic nitrogens is 2. The first-order valence-electron chi connectivity index (χ1n) is 11.6. The number of hydrogen-bond acceptors (Lipinski definition) is 5. The number of amides is 1. The van der Waals surface area contributed by atoms with E-state index >= 15 is 0 Å². The number of hydrogen-bond donors (Lipinski definition) is 1. The quantitative estimate of drug-likeness (QED) is 0.649. The third-order valence-electron chi connectivity index (χ3n) is 6.02. The molecule has 1 fully saturated rings. The first-order chi connectivity index (χ1) is 15.4. The van der Waals surface area contributed by atoms with Gasteiger partial charge in [-0.05, 0) is 61.8 Å². The Bertz CT molecular complexity index is 956. The second-order valence-corrected chi connectivity index (χ2v) is 9.25. The summed E-state index contributed by atoms with van der Waals surface area (Å²) in [5, 5.41) is 0. The average molecular weight is 441 g/mol. The lowest BCUT2D eigenvalue weighted by atomic mass is 9.97. The molecule has 1 amide bonds. The smallest absolute Gasteiger partial charge is 0.345 e. The Kier molecular flexibility index (Phi) is 8.45. The molecule has 0 spiro atoms. The molecule has 0 radical (unpaired) electrons. The van der Waals surface area contributed by atoms with Crippen molar-refractivity contribution in [3.8, 4) is 5.75 Å². The van der Waals surface area contributed by atoms with Crippen molar-refractivity contribution in [2.75, 3.05) is 40.3 Å². The van der Waals surface area contributed by atoms with E-state index in [1.807, 2.05) is 18.2 Å². The lowest BCUT2D eigenvalue weighted by Gasteiger charge is -2.34. The maximum atomic E-state index is 13.0. The van der Waals surface area contributed by atoms with E-state index in [1.54, 1.807) is 25.1 Å². The van der Waals surface area contributed by atoms with E-state index in [1.165, 1.54) is 5.56 Å². The minimum Gasteiger partial charge on any atom is -0.496 e. The minimum absolute atomic E-state index is 0.188. The van der Waals surface area contributed by atoms with Crippen LogP contribution in [0.3, 0.4) is 0 Å². The summed E-state index contributed by atoms with van der Waals surface area (Å²) in [6.45, 7) is 7.84. The average Bonchev–Trinajstić information content (AvgIpc) is 2.76. The zero-order valence-corrected chi connectivity index (χ0v) is 19.8. The molecule has 1 aromatic carbocycles. The third-order valence-corrected chi connectivity index (χ3v) is 6.02. The molecule has 3 rings (SSSR count). The molecule has 0 aliphatic carbocycles. The van der Waals surface area contributed by atoms with Gasteiger partial charge in [0.25, 0.3) is 5.91 Å². The van der Waals surface area contributed by atoms with Crippen LogP contribution >= 0.6 is 0 Å². The molecule has 1 aliphatic heterocycles. The number of carbonyl (C=O) groups excluding carboxylic acids is 1. The summed E-state index contributed by atoms with van der Waals surface area (Å²) >= 11 is 0. The Balaban J connectivity index is 1.56. The Labute approximate surface area is 190 Å². The molecule has 1 N–H and O–H groups in total. The Hall–Kier alpha value is -2.67. The number of carbonyl (C=O) groups is 1. The van der Waals surface area contributed by atoms with Crippen LogP contribution in [0.4, 0.5) is 0 Å². The molecular formula is C25H36N4O3. The van der Waals surface area contributed by atoms with Crippen molar-refractivity contribution in [2.24, 2.45) is 11.8 Å². The van der Waals surface area contributed by atoms with Crippen LogP contribution in [0.5, 0.6) is 5.75 Å². The van der Waals surface area contributed by atoms with Crippen molar-refractivity contribution in [2.45, 2.75) is 39.5 Å². The molecule has 2 aromatic rings. The van der Waals surface area contributed by atoms with Crippen LogP contribution in [0.1, 0.15) is 48.4 Å². The standard InChI is InChI=1S/C25H36N4O3/c1-18(2)14-21-15-22(27-25(31)26-21)24(30)28(3)16-19-8-7-12-29(17-19)13-11-20-9-5-6-10-23(20)32-4/h5-6,9-10,15,18-19H,7-8,11-14,16-17H2,1-4H3,(H,26,27,31). The highest BCUT2D eigenvalue weighted by molar-refractivity contribution is 5.92. The Morgan fingerprint density at radius 3 is 2.88 bits per heavy atom. The van der Waals surface area contributed by atoms with Gasteiger partial charge in [0.1, 0.15) is 11.4 Å². The van der Waals surface area contributed by atoms with Gasteiger partial charge in [0.05, 0.1) is 7.11 Å². The van der Waals surface area contributed by atoms with Crippen LogP contribution in [0.15, 0.2) is 35.1 Å². The van der Waals surface area contributed by atoms with Crippen molar-refractivity contribution in [1.82, 2.24) is 19.8 Å². The van der Waals surface area contributed by atoms with Crippen LogP contribution in [-0.4, -0.2) is 66.0 Å². The summed E-state index contributed by atoms with van der Waals surface area (Å²) in [5.74, 6) is 1.55. The van der Waals surface area contributed by atoms with Crippen molar-refractivity contribution >= 4 is 5.91 Å². The van der Waals surface area contributed by atoms with Gasteiger partial charge in [0.15, 0.2) is 0 Å². The number of benzene rings is 1. The van der Waals surface area contributed by atoms with Crippen molar-refractivity contribution in [3.63, 3.8) is 0 Å². The summed E-state index contributed by atoms with van der Waals surface area (Å²) in [4.78, 5) is 35.8. The van der Waals surface area contributed by atoms with Gasteiger partial charge in [-0.2, -0.15) is 4.98 Å². The predicted molar refractivity (Wildman–Crippen MR) is 126 cm³/mol. The number of aromatic amines is 1. The zero-order valence-electron chi connectivity index (χ0n) is 19.8. The Morgan fingerprint density at radius 2 is 2.12 bits per heavy atom. The molecule has 0 saturated carbocycles. The molecule has 7 nitrogen and oxygen atoms in total. The fourth-order valence-corrected chi connectivity index (χ4v) is 4.52. The molecule has 1 aliphatic rings. The monoisotopic (exact) mass is 440 g/mol. The number of nitrogens with zero attached hydrogens (tertiary/aromatic N) is 3.